The van der Waals surface area contributed by atoms with Crippen molar-refractivity contribution in [1.29, 1.82) is 0 Å². The summed E-state index contributed by atoms with van der Waals surface area (Å²) in [5, 5.41) is 2.84. The molecule has 0 aliphatic rings. The molecule has 6 nitrogen and oxygen atoms in total. The van der Waals surface area contributed by atoms with E-state index >= 15 is 0 Å². The molecule has 2 heterocycles. The van der Waals surface area contributed by atoms with Crippen molar-refractivity contribution in [2.45, 2.75) is 46.1 Å². The molecule has 0 fully saturated rings. The maximum atomic E-state index is 12.8. The molecule has 150 valence electrons. The van der Waals surface area contributed by atoms with Crippen molar-refractivity contribution in [1.82, 2.24) is 15.3 Å². The molecule has 8 heteroatoms. The zero-order valence-corrected chi connectivity index (χ0v) is 16.3. The lowest BCUT2D eigenvalue weighted by Crippen LogP contribution is -2.27. The highest BCUT2D eigenvalue weighted by molar-refractivity contribution is 5.94. The second-order valence-corrected chi connectivity index (χ2v) is 6.85. The van der Waals surface area contributed by atoms with Crippen LogP contribution >= 0.6 is 0 Å². The molecule has 2 rings (SSSR count). The molecule has 1 unspecified atom stereocenters. The predicted molar refractivity (Wildman–Crippen MR) is 99.6 cm³/mol. The Morgan fingerprint density at radius 2 is 2.00 bits per heavy atom. The molecule has 0 bridgehead atoms. The minimum absolute atomic E-state index is 0.0351. The summed E-state index contributed by atoms with van der Waals surface area (Å²) in [5.41, 5.74) is 2.29. The Kier molecular flexibility index (Phi) is 6.77. The molecule has 28 heavy (non-hydrogen) atoms. The van der Waals surface area contributed by atoms with Crippen molar-refractivity contribution in [3.63, 3.8) is 0 Å². The summed E-state index contributed by atoms with van der Waals surface area (Å²) in [4.78, 5) is 32.1. The van der Waals surface area contributed by atoms with Gasteiger partial charge in [0, 0.05) is 42.6 Å². The number of nitrogens with one attached hydrogen (secondary N) is 1. The highest BCUT2D eigenvalue weighted by atomic mass is 19.3. The van der Waals surface area contributed by atoms with E-state index in [9.17, 15) is 18.4 Å². The van der Waals surface area contributed by atoms with Crippen LogP contribution in [0.25, 0.3) is 0 Å². The van der Waals surface area contributed by atoms with E-state index in [1.807, 2.05) is 0 Å². The second-order valence-electron chi connectivity index (χ2n) is 6.85. The number of halogens is 2. The van der Waals surface area contributed by atoms with Crippen LogP contribution in [0.15, 0.2) is 30.5 Å². The Morgan fingerprint density at radius 3 is 2.57 bits per heavy atom. The first kappa shape index (κ1) is 21.4. The number of carbonyl (C=O) groups is 2. The molecule has 1 atom stereocenters. The van der Waals surface area contributed by atoms with Crippen LogP contribution in [0.3, 0.4) is 0 Å². The van der Waals surface area contributed by atoms with Crippen LogP contribution < -0.4 is 10.1 Å². The van der Waals surface area contributed by atoms with E-state index in [-0.39, 0.29) is 30.0 Å². The Morgan fingerprint density at radius 1 is 1.29 bits per heavy atom. The Bertz CT molecular complexity index is 849. The highest BCUT2D eigenvalue weighted by Gasteiger charge is 2.22. The average molecular weight is 391 g/mol. The van der Waals surface area contributed by atoms with Gasteiger partial charge in [0.25, 0.3) is 11.8 Å². The maximum absolute atomic E-state index is 12.8. The first-order valence-electron chi connectivity index (χ1n) is 8.78. The standard InChI is InChI=1S/C20H23F2N3O3/c1-12-7-16(9-17(24-12)8-13(2)26)19(27)25-14(3)15-5-6-18(23-10-15)28-11-20(4,21)22/h5-7,9-10,14H,8,11H2,1-4H3,(H,25,27). The number of rotatable bonds is 8. The average Bonchev–Trinajstić information content (AvgIpc) is 2.58. The van der Waals surface area contributed by atoms with E-state index in [2.05, 4.69) is 15.3 Å². The number of aryl methyl sites for hydroxylation is 1. The van der Waals surface area contributed by atoms with Crippen LogP contribution in [-0.2, 0) is 11.2 Å². The number of alkyl halides is 2. The molecule has 0 aromatic carbocycles. The molecule has 0 saturated carbocycles. The Balaban J connectivity index is 2.04. The summed E-state index contributed by atoms with van der Waals surface area (Å²) >= 11 is 0. The zero-order chi connectivity index (χ0) is 20.9. The number of ether oxygens (including phenoxy) is 1. The topological polar surface area (TPSA) is 81.2 Å². The first-order valence-corrected chi connectivity index (χ1v) is 8.78. The molecular weight excluding hydrogens is 368 g/mol. The fraction of sp³-hybridized carbons (Fsp3) is 0.400. The second kappa shape index (κ2) is 8.86. The largest absolute Gasteiger partial charge is 0.471 e. The number of hydrogen-bond acceptors (Lipinski definition) is 5. The smallest absolute Gasteiger partial charge is 0.278 e. The number of nitrogens with zero attached hydrogens (tertiary/aromatic N) is 2. The van der Waals surface area contributed by atoms with Crippen molar-refractivity contribution in [2.24, 2.45) is 0 Å². The van der Waals surface area contributed by atoms with Gasteiger partial charge >= 0.3 is 0 Å². The monoisotopic (exact) mass is 391 g/mol. The Labute approximate surface area is 162 Å². The summed E-state index contributed by atoms with van der Waals surface area (Å²) in [7, 11) is 0. The van der Waals surface area contributed by atoms with Crippen LogP contribution in [0.2, 0.25) is 0 Å². The van der Waals surface area contributed by atoms with Crippen molar-refractivity contribution in [2.75, 3.05) is 6.61 Å². The number of pyridine rings is 2. The highest BCUT2D eigenvalue weighted by Crippen LogP contribution is 2.18. The fourth-order valence-electron chi connectivity index (χ4n) is 2.51. The third-order valence-electron chi connectivity index (χ3n) is 3.78. The summed E-state index contributed by atoms with van der Waals surface area (Å²) in [6, 6.07) is 6.00. The fourth-order valence-corrected chi connectivity index (χ4v) is 2.51. The first-order chi connectivity index (χ1) is 13.0. The molecule has 1 amide bonds. The van der Waals surface area contributed by atoms with Crippen molar-refractivity contribution in [3.05, 3.63) is 53.0 Å². The van der Waals surface area contributed by atoms with E-state index in [1.54, 1.807) is 32.0 Å². The van der Waals surface area contributed by atoms with Gasteiger partial charge in [0.1, 0.15) is 5.78 Å². The number of hydrogen-bond donors (Lipinski definition) is 1. The van der Waals surface area contributed by atoms with Gasteiger partial charge in [-0.15, -0.1) is 0 Å². The molecule has 2 aromatic rings. The zero-order valence-electron chi connectivity index (χ0n) is 16.3. The number of amides is 1. The summed E-state index contributed by atoms with van der Waals surface area (Å²) in [6.45, 7) is 5.01. The molecule has 0 aliphatic heterocycles. The summed E-state index contributed by atoms with van der Waals surface area (Å²) < 4.78 is 30.6. The van der Waals surface area contributed by atoms with Crippen molar-refractivity contribution in [3.8, 4) is 5.88 Å². The molecule has 0 saturated heterocycles. The SMILES string of the molecule is CC(=O)Cc1cc(C(=O)NC(C)c2ccc(OCC(C)(F)F)nc2)cc(C)n1. The quantitative estimate of drug-likeness (QED) is 0.746. The number of ketones is 1. The van der Waals surface area contributed by atoms with Gasteiger partial charge in [-0.25, -0.2) is 13.8 Å². The summed E-state index contributed by atoms with van der Waals surface area (Å²) in [5.74, 6) is -3.20. The van der Waals surface area contributed by atoms with Gasteiger partial charge < -0.3 is 10.1 Å². The van der Waals surface area contributed by atoms with Gasteiger partial charge in [0.15, 0.2) is 6.61 Å². The van der Waals surface area contributed by atoms with E-state index in [0.29, 0.717) is 22.5 Å². The van der Waals surface area contributed by atoms with Crippen LogP contribution in [0.1, 0.15) is 54.1 Å². The number of Topliss-reactive ketones (excluding diaryl/α,β-unsaturated/α-hetero) is 1. The lowest BCUT2D eigenvalue weighted by molar-refractivity contribution is -0.116. The minimum Gasteiger partial charge on any atom is -0.471 e. The van der Waals surface area contributed by atoms with Crippen LogP contribution in [0, 0.1) is 6.92 Å². The molecule has 0 spiro atoms. The van der Waals surface area contributed by atoms with Crippen LogP contribution in [0.4, 0.5) is 8.78 Å². The van der Waals surface area contributed by atoms with Gasteiger partial charge in [-0.2, -0.15) is 0 Å². The van der Waals surface area contributed by atoms with Gasteiger partial charge in [0.2, 0.25) is 5.88 Å². The third-order valence-corrected chi connectivity index (χ3v) is 3.78. The van der Waals surface area contributed by atoms with Crippen LogP contribution in [-0.4, -0.2) is 34.2 Å². The van der Waals surface area contributed by atoms with E-state index in [0.717, 1.165) is 6.92 Å². The molecule has 0 radical (unpaired) electrons. The summed E-state index contributed by atoms with van der Waals surface area (Å²) in [6.07, 6.45) is 1.63. The van der Waals surface area contributed by atoms with E-state index in [4.69, 9.17) is 4.74 Å². The Hall–Kier alpha value is -2.90. The number of carbonyl (C=O) groups excluding carboxylic acids is 2. The third kappa shape index (κ3) is 6.68. The molecule has 2 aromatic heterocycles. The van der Waals surface area contributed by atoms with E-state index < -0.39 is 12.5 Å². The van der Waals surface area contributed by atoms with Crippen molar-refractivity contribution < 1.29 is 23.1 Å². The predicted octanol–water partition coefficient (Wildman–Crippen LogP) is 3.44. The maximum Gasteiger partial charge on any atom is 0.278 e. The van der Waals surface area contributed by atoms with Crippen molar-refractivity contribution >= 4 is 11.7 Å². The molecule has 1 N–H and O–H groups in total. The molecular formula is C20H23F2N3O3. The van der Waals surface area contributed by atoms with Gasteiger partial charge in [-0.3, -0.25) is 14.6 Å². The van der Waals surface area contributed by atoms with Gasteiger partial charge in [-0.05, 0) is 38.5 Å². The minimum atomic E-state index is -2.94. The van der Waals surface area contributed by atoms with E-state index in [1.165, 1.54) is 19.2 Å². The van der Waals surface area contributed by atoms with Gasteiger partial charge in [-0.1, -0.05) is 6.07 Å². The normalized spacial score (nSPS) is 12.4. The number of aromatic nitrogens is 2. The van der Waals surface area contributed by atoms with Crippen LogP contribution in [0.5, 0.6) is 5.88 Å². The molecule has 0 aliphatic carbocycles. The lowest BCUT2D eigenvalue weighted by atomic mass is 10.1. The van der Waals surface area contributed by atoms with Gasteiger partial charge in [0.05, 0.1) is 6.04 Å². The lowest BCUT2D eigenvalue weighted by Gasteiger charge is -2.16.